The second-order valence-electron chi connectivity index (χ2n) is 10.0. The van der Waals surface area contributed by atoms with Gasteiger partial charge in [0, 0.05) is 44.0 Å². The highest BCUT2D eigenvalue weighted by atomic mass is 32.2. The van der Waals surface area contributed by atoms with E-state index in [-0.39, 0.29) is 36.9 Å². The van der Waals surface area contributed by atoms with Crippen LogP contribution in [0.25, 0.3) is 11.1 Å². The molecule has 4 aromatic rings. The van der Waals surface area contributed by atoms with Gasteiger partial charge in [-0.05, 0) is 36.1 Å². The fraction of sp³-hybridized carbons (Fsp3) is 0.345. The molecule has 4 rings (SSSR count). The maximum absolute atomic E-state index is 13.8. The quantitative estimate of drug-likeness (QED) is 0.262. The molecule has 10 nitrogen and oxygen atoms in total. The van der Waals surface area contributed by atoms with Crippen LogP contribution >= 0.6 is 0 Å². The number of aliphatic hydroxyl groups is 1. The fourth-order valence-corrected chi connectivity index (χ4v) is 5.96. The van der Waals surface area contributed by atoms with Crippen molar-refractivity contribution >= 4 is 27.2 Å². The summed E-state index contributed by atoms with van der Waals surface area (Å²) in [6.45, 7) is 5.41. The molecule has 2 heterocycles. The topological polar surface area (TPSA) is 135 Å². The number of hydrogen-bond acceptors (Lipinski definition) is 8. The van der Waals surface area contributed by atoms with Crippen molar-refractivity contribution in [3.8, 4) is 0 Å². The highest BCUT2D eigenvalue weighted by Crippen LogP contribution is 2.24. The summed E-state index contributed by atoms with van der Waals surface area (Å²) in [7, 11) is -4.02. The van der Waals surface area contributed by atoms with E-state index in [9.17, 15) is 18.3 Å². The van der Waals surface area contributed by atoms with Gasteiger partial charge in [-0.1, -0.05) is 50.2 Å². The number of pyridine rings is 1. The molecule has 0 spiro atoms. The lowest BCUT2D eigenvalue weighted by atomic mass is 10.0. The summed E-state index contributed by atoms with van der Waals surface area (Å²) in [5.41, 5.74) is 2.50. The van der Waals surface area contributed by atoms with E-state index in [1.165, 1.54) is 16.4 Å². The largest absolute Gasteiger partial charge is 0.445 e. The van der Waals surface area contributed by atoms with Gasteiger partial charge in [-0.2, -0.15) is 4.31 Å². The van der Waals surface area contributed by atoms with E-state index in [1.807, 2.05) is 44.2 Å². The van der Waals surface area contributed by atoms with E-state index >= 15 is 0 Å². The fourth-order valence-electron chi connectivity index (χ4n) is 4.32. The van der Waals surface area contributed by atoms with Gasteiger partial charge in [0.15, 0.2) is 11.5 Å². The van der Waals surface area contributed by atoms with Gasteiger partial charge in [0.05, 0.1) is 17.0 Å². The van der Waals surface area contributed by atoms with Gasteiger partial charge >= 0.3 is 6.09 Å². The average molecular weight is 567 g/mol. The van der Waals surface area contributed by atoms with Crippen LogP contribution in [-0.2, 0) is 27.8 Å². The van der Waals surface area contributed by atoms with Crippen molar-refractivity contribution in [2.24, 2.45) is 5.92 Å². The minimum Gasteiger partial charge on any atom is -0.445 e. The number of benzene rings is 2. The number of aryl methyl sites for hydroxylation is 1. The number of aliphatic hydroxyl groups excluding tert-OH is 1. The minimum absolute atomic E-state index is 0.00523. The molecule has 40 heavy (non-hydrogen) atoms. The first kappa shape index (κ1) is 29.2. The molecule has 0 radical (unpaired) electrons. The molecule has 2 aromatic carbocycles. The normalized spacial score (nSPS) is 13.4. The molecule has 0 aliphatic carbocycles. The van der Waals surface area contributed by atoms with Crippen LogP contribution in [0.2, 0.25) is 0 Å². The smallest absolute Gasteiger partial charge is 0.407 e. The maximum Gasteiger partial charge on any atom is 0.407 e. The van der Waals surface area contributed by atoms with Crippen LogP contribution in [0.3, 0.4) is 0 Å². The van der Waals surface area contributed by atoms with Gasteiger partial charge < -0.3 is 19.6 Å². The van der Waals surface area contributed by atoms with E-state index in [0.29, 0.717) is 22.6 Å². The van der Waals surface area contributed by atoms with Crippen LogP contribution < -0.4 is 5.32 Å². The number of nitrogens with one attached hydrogen (secondary N) is 1. The number of hydrogen-bond donors (Lipinski definition) is 2. The summed E-state index contributed by atoms with van der Waals surface area (Å²) in [5, 5.41) is 14.1. The Morgan fingerprint density at radius 1 is 1.07 bits per heavy atom. The number of rotatable bonds is 12. The first-order chi connectivity index (χ1) is 19.1. The number of aromatic nitrogens is 2. The van der Waals surface area contributed by atoms with E-state index in [0.717, 1.165) is 5.56 Å². The minimum atomic E-state index is -4.02. The standard InChI is InChI=1S/C29H34N4O6S/c1-20(2)17-33(40(36,37)24-11-12-25-28(15-24)39-21(3)31-25)18-27(34)26(14-22-8-5-4-6-9-22)32-29(35)38-19-23-10-7-13-30-16-23/h4-13,15-16,20,26-27,34H,14,17-19H2,1-3H3,(H,32,35)/t26-,27+/m0/s1. The Bertz CT molecular complexity index is 1510. The first-order valence-corrected chi connectivity index (χ1v) is 14.5. The Balaban J connectivity index is 1.55. The summed E-state index contributed by atoms with van der Waals surface area (Å²) < 4.78 is 39.6. The van der Waals surface area contributed by atoms with Crippen LogP contribution in [0.4, 0.5) is 4.79 Å². The summed E-state index contributed by atoms with van der Waals surface area (Å²) in [5.74, 6) is 0.410. The van der Waals surface area contributed by atoms with Crippen molar-refractivity contribution in [1.29, 1.82) is 0 Å². The van der Waals surface area contributed by atoms with Crippen molar-refractivity contribution in [3.05, 3.63) is 90.1 Å². The van der Waals surface area contributed by atoms with Crippen LogP contribution in [-0.4, -0.2) is 59.1 Å². The van der Waals surface area contributed by atoms with Gasteiger partial charge in [0.25, 0.3) is 0 Å². The maximum atomic E-state index is 13.8. The van der Waals surface area contributed by atoms with Gasteiger partial charge in [0.2, 0.25) is 10.0 Å². The molecule has 2 aromatic heterocycles. The number of amides is 1. The molecule has 0 bridgehead atoms. The van der Waals surface area contributed by atoms with E-state index in [2.05, 4.69) is 15.3 Å². The molecule has 0 aliphatic rings. The summed E-state index contributed by atoms with van der Waals surface area (Å²) in [4.78, 5) is 21.0. The Labute approximate surface area is 234 Å². The lowest BCUT2D eigenvalue weighted by Crippen LogP contribution is -2.51. The van der Waals surface area contributed by atoms with Gasteiger partial charge in [-0.15, -0.1) is 0 Å². The number of carbonyl (C=O) groups is 1. The van der Waals surface area contributed by atoms with E-state index in [1.54, 1.807) is 37.5 Å². The Kier molecular flexibility index (Phi) is 9.51. The molecule has 0 fully saturated rings. The Hall–Kier alpha value is -3.80. The van der Waals surface area contributed by atoms with Crippen molar-refractivity contribution < 1.29 is 27.5 Å². The van der Waals surface area contributed by atoms with E-state index in [4.69, 9.17) is 9.15 Å². The zero-order valence-electron chi connectivity index (χ0n) is 22.7. The second kappa shape index (κ2) is 13.0. The van der Waals surface area contributed by atoms with Crippen LogP contribution in [0.5, 0.6) is 0 Å². The van der Waals surface area contributed by atoms with Gasteiger partial charge in [-0.25, -0.2) is 18.2 Å². The number of ether oxygens (including phenoxy) is 1. The predicted molar refractivity (Wildman–Crippen MR) is 150 cm³/mol. The molecular weight excluding hydrogens is 532 g/mol. The summed E-state index contributed by atoms with van der Waals surface area (Å²) >= 11 is 0. The lowest BCUT2D eigenvalue weighted by Gasteiger charge is -2.30. The first-order valence-electron chi connectivity index (χ1n) is 13.0. The van der Waals surface area contributed by atoms with Crippen molar-refractivity contribution in [1.82, 2.24) is 19.6 Å². The number of carbonyl (C=O) groups excluding carboxylic acids is 1. The number of sulfonamides is 1. The van der Waals surface area contributed by atoms with Crippen molar-refractivity contribution in [3.63, 3.8) is 0 Å². The number of fused-ring (bicyclic) bond motifs is 1. The van der Waals surface area contributed by atoms with Gasteiger partial charge in [0.1, 0.15) is 12.1 Å². The molecule has 2 atom stereocenters. The highest BCUT2D eigenvalue weighted by molar-refractivity contribution is 7.89. The van der Waals surface area contributed by atoms with Crippen LogP contribution in [0.15, 0.2) is 82.4 Å². The molecule has 1 amide bonds. The van der Waals surface area contributed by atoms with Crippen molar-refractivity contribution in [2.45, 2.75) is 50.8 Å². The molecule has 0 aliphatic heterocycles. The average Bonchev–Trinajstić information content (AvgIpc) is 3.31. The molecule has 212 valence electrons. The molecule has 0 saturated heterocycles. The molecule has 2 N–H and O–H groups in total. The van der Waals surface area contributed by atoms with E-state index < -0.39 is 28.3 Å². The Morgan fingerprint density at radius 3 is 2.52 bits per heavy atom. The van der Waals surface area contributed by atoms with Gasteiger partial charge in [-0.3, -0.25) is 4.98 Å². The third-order valence-corrected chi connectivity index (χ3v) is 8.05. The highest BCUT2D eigenvalue weighted by Gasteiger charge is 2.32. The monoisotopic (exact) mass is 566 g/mol. The lowest BCUT2D eigenvalue weighted by molar-refractivity contribution is 0.0873. The third kappa shape index (κ3) is 7.65. The molecular formula is C29H34N4O6S. The molecule has 0 saturated carbocycles. The number of alkyl carbamates (subject to hydrolysis) is 1. The third-order valence-electron chi connectivity index (χ3n) is 6.22. The van der Waals surface area contributed by atoms with Crippen LogP contribution in [0, 0.1) is 12.8 Å². The molecule has 0 unspecified atom stereocenters. The van der Waals surface area contributed by atoms with Crippen molar-refractivity contribution in [2.75, 3.05) is 13.1 Å². The summed E-state index contributed by atoms with van der Waals surface area (Å²) in [6, 6.07) is 16.6. The SMILES string of the molecule is Cc1nc2ccc(S(=O)(=O)N(CC(C)C)C[C@@H](O)[C@H](Cc3ccccc3)NC(=O)OCc3cccnc3)cc2o1. The number of oxazole rings is 1. The predicted octanol–water partition coefficient (Wildman–Crippen LogP) is 4.08. The van der Waals surface area contributed by atoms with Crippen LogP contribution in [0.1, 0.15) is 30.9 Å². The zero-order valence-corrected chi connectivity index (χ0v) is 23.5. The number of nitrogens with zero attached hydrogens (tertiary/aromatic N) is 3. The summed E-state index contributed by atoms with van der Waals surface area (Å²) in [6.07, 6.45) is 1.51. The second-order valence-corrected chi connectivity index (χ2v) is 12.0. The Morgan fingerprint density at radius 2 is 1.82 bits per heavy atom. The zero-order chi connectivity index (χ0) is 28.7. The molecule has 11 heteroatoms.